The van der Waals surface area contributed by atoms with E-state index < -0.39 is 17.2 Å². The van der Waals surface area contributed by atoms with Crippen molar-refractivity contribution in [1.29, 1.82) is 5.26 Å². The Balaban J connectivity index is 1.07. The van der Waals surface area contributed by atoms with E-state index in [9.17, 15) is 24.8 Å². The van der Waals surface area contributed by atoms with Crippen LogP contribution in [0.4, 0.5) is 28.4 Å². The zero-order valence-electron chi connectivity index (χ0n) is 37.6. The molecule has 0 fully saturated rings. The van der Waals surface area contributed by atoms with Crippen LogP contribution < -0.4 is 26.0 Å². The summed E-state index contributed by atoms with van der Waals surface area (Å²) >= 11 is 1.40. The van der Waals surface area contributed by atoms with E-state index in [1.807, 2.05) is 140 Å². The minimum Gasteiger partial charge on any atom is -0.477 e. The summed E-state index contributed by atoms with van der Waals surface area (Å²) in [7, 11) is 0. The predicted octanol–water partition coefficient (Wildman–Crippen LogP) is 13.1. The first kappa shape index (κ1) is 45.4. The molecule has 3 heterocycles. The number of carboxylic acids is 1. The zero-order chi connectivity index (χ0) is 47.0. The van der Waals surface area contributed by atoms with Crippen molar-refractivity contribution in [3.05, 3.63) is 187 Å². The molecule has 0 atom stereocenters. The van der Waals surface area contributed by atoms with Crippen molar-refractivity contribution in [2.75, 3.05) is 40.9 Å². The number of carboxylic acid groups (broad SMARTS) is 1. The standard InChI is InChI=1S/C56H48N4O6S/c1-5-58(6-2)48-27-19-40-31-42(55(63)65-51(40)34-48)15-9-37-11-21-45(22-12-37)60(47-25-17-39(18-26-47)53-30-29-50(67-53)33-44(36-57)54(61)62)46-23-13-38(14-24-46)10-16-43-32-41-20-28-49(59(7-3)8-4)35-52(41)66-56(43)64/h9-35H,5-8H2,1-4H3,(H,61,62). The van der Waals surface area contributed by atoms with Gasteiger partial charge in [0.1, 0.15) is 22.8 Å². The summed E-state index contributed by atoms with van der Waals surface area (Å²) in [6.07, 6.45) is 8.73. The van der Waals surface area contributed by atoms with Gasteiger partial charge in [-0.3, -0.25) is 0 Å². The number of aliphatic carboxylic acids is 1. The monoisotopic (exact) mass is 904 g/mol. The van der Waals surface area contributed by atoms with Gasteiger partial charge < -0.3 is 28.6 Å². The van der Waals surface area contributed by atoms with E-state index in [1.165, 1.54) is 17.4 Å². The van der Waals surface area contributed by atoms with Gasteiger partial charge in [-0.15, -0.1) is 11.3 Å². The predicted molar refractivity (Wildman–Crippen MR) is 276 cm³/mol. The van der Waals surface area contributed by atoms with Gasteiger partial charge in [0.05, 0.1) is 11.1 Å². The molecule has 0 saturated heterocycles. The van der Waals surface area contributed by atoms with Crippen LogP contribution in [-0.4, -0.2) is 37.3 Å². The second-order valence-corrected chi connectivity index (χ2v) is 16.8. The average Bonchev–Trinajstić information content (AvgIpc) is 3.82. The fourth-order valence-electron chi connectivity index (χ4n) is 7.97. The van der Waals surface area contributed by atoms with Gasteiger partial charge >= 0.3 is 17.2 Å². The van der Waals surface area contributed by atoms with Gasteiger partial charge in [0.15, 0.2) is 0 Å². The highest BCUT2D eigenvalue weighted by Crippen LogP contribution is 2.38. The number of nitrogens with zero attached hydrogens (tertiary/aromatic N) is 4. The molecule has 0 unspecified atom stereocenters. The molecule has 5 aromatic carbocycles. The van der Waals surface area contributed by atoms with Crippen molar-refractivity contribution in [3.63, 3.8) is 0 Å². The highest BCUT2D eigenvalue weighted by atomic mass is 32.1. The van der Waals surface area contributed by atoms with Gasteiger partial charge in [-0.25, -0.2) is 14.4 Å². The highest BCUT2D eigenvalue weighted by Gasteiger charge is 2.15. The van der Waals surface area contributed by atoms with Crippen LogP contribution in [-0.2, 0) is 4.79 Å². The summed E-state index contributed by atoms with van der Waals surface area (Å²) in [5, 5.41) is 20.3. The largest absolute Gasteiger partial charge is 0.477 e. The Kier molecular flexibility index (Phi) is 13.8. The molecule has 10 nitrogen and oxygen atoms in total. The van der Waals surface area contributed by atoms with Crippen LogP contribution >= 0.6 is 11.3 Å². The van der Waals surface area contributed by atoms with Crippen molar-refractivity contribution >= 4 is 98.1 Å². The van der Waals surface area contributed by atoms with Crippen LogP contribution in [0.25, 0.3) is 62.8 Å². The summed E-state index contributed by atoms with van der Waals surface area (Å²) in [6, 6.07) is 45.2. The second kappa shape index (κ2) is 20.3. The number of hydrogen-bond acceptors (Lipinski definition) is 10. The Morgan fingerprint density at radius 2 is 1.01 bits per heavy atom. The number of benzene rings is 5. The molecule has 0 aliphatic carbocycles. The number of nitriles is 1. The first-order valence-electron chi connectivity index (χ1n) is 22.1. The molecule has 334 valence electrons. The SMILES string of the molecule is CCN(CC)c1ccc2cc(C=Cc3ccc(N(c4ccc(C=Cc5cc6ccc(N(CC)CC)cc6oc5=O)cc4)c4ccc(-c5ccc(C=C(C#N)C(=O)O)s5)cc4)cc3)c(=O)oc2c1. The molecule has 0 spiro atoms. The Hall–Kier alpha value is -8.20. The van der Waals surface area contributed by atoms with E-state index in [2.05, 4.69) is 42.4 Å². The quantitative estimate of drug-likeness (QED) is 0.0568. The minimum absolute atomic E-state index is 0.324. The van der Waals surface area contributed by atoms with Crippen LogP contribution in [0, 0.1) is 11.3 Å². The van der Waals surface area contributed by atoms with Gasteiger partial charge in [0.2, 0.25) is 0 Å². The third-order valence-electron chi connectivity index (χ3n) is 11.6. The molecule has 3 aromatic heterocycles. The Morgan fingerprint density at radius 1 is 0.582 bits per heavy atom. The molecule has 11 heteroatoms. The zero-order valence-corrected chi connectivity index (χ0v) is 38.4. The fourth-order valence-corrected chi connectivity index (χ4v) is 8.92. The first-order valence-corrected chi connectivity index (χ1v) is 23.0. The van der Waals surface area contributed by atoms with Crippen LogP contribution in [0.3, 0.4) is 0 Å². The number of rotatable bonds is 16. The van der Waals surface area contributed by atoms with E-state index in [-0.39, 0.29) is 5.57 Å². The first-order chi connectivity index (χ1) is 32.6. The highest BCUT2D eigenvalue weighted by molar-refractivity contribution is 7.16. The Labute approximate surface area is 392 Å². The Morgan fingerprint density at radius 3 is 1.43 bits per heavy atom. The van der Waals surface area contributed by atoms with Crippen molar-refractivity contribution < 1.29 is 18.7 Å². The maximum absolute atomic E-state index is 13.1. The lowest BCUT2D eigenvalue weighted by atomic mass is 10.1. The molecule has 8 aromatic rings. The summed E-state index contributed by atoms with van der Waals surface area (Å²) in [4.78, 5) is 45.7. The second-order valence-electron chi connectivity index (χ2n) is 15.7. The van der Waals surface area contributed by atoms with E-state index in [1.54, 1.807) is 24.3 Å². The molecule has 0 amide bonds. The minimum atomic E-state index is -1.26. The van der Waals surface area contributed by atoms with Gasteiger partial charge in [0, 0.05) is 87.3 Å². The van der Waals surface area contributed by atoms with Gasteiger partial charge in [-0.05, 0) is 148 Å². The summed E-state index contributed by atoms with van der Waals surface area (Å²) in [5.74, 6) is -1.26. The Bertz CT molecular complexity index is 3170. The van der Waals surface area contributed by atoms with Crippen LogP contribution in [0.5, 0.6) is 0 Å². The van der Waals surface area contributed by atoms with Crippen molar-refractivity contribution in [2.45, 2.75) is 27.7 Å². The fraction of sp³-hybridized carbons (Fsp3) is 0.143. The lowest BCUT2D eigenvalue weighted by molar-refractivity contribution is -0.132. The maximum Gasteiger partial charge on any atom is 0.346 e. The van der Waals surface area contributed by atoms with Gasteiger partial charge in [-0.2, -0.15) is 5.26 Å². The summed E-state index contributed by atoms with van der Waals surface area (Å²) < 4.78 is 11.5. The lowest BCUT2D eigenvalue weighted by Crippen LogP contribution is -2.21. The molecule has 0 bridgehead atoms. The normalized spacial score (nSPS) is 11.7. The number of anilines is 5. The summed E-state index contributed by atoms with van der Waals surface area (Å²) in [6.45, 7) is 11.8. The van der Waals surface area contributed by atoms with E-state index in [0.717, 1.165) is 87.0 Å². The molecular weight excluding hydrogens is 857 g/mol. The molecule has 67 heavy (non-hydrogen) atoms. The van der Waals surface area contributed by atoms with E-state index >= 15 is 0 Å². The molecule has 0 aliphatic heterocycles. The number of hydrogen-bond donors (Lipinski definition) is 1. The molecule has 0 aliphatic rings. The van der Waals surface area contributed by atoms with Crippen molar-refractivity contribution in [3.8, 4) is 16.5 Å². The lowest BCUT2D eigenvalue weighted by Gasteiger charge is -2.26. The van der Waals surface area contributed by atoms with Crippen LogP contribution in [0.1, 0.15) is 54.8 Å². The average molecular weight is 905 g/mol. The number of thiophene rings is 1. The molecule has 8 rings (SSSR count). The van der Waals surface area contributed by atoms with Crippen LogP contribution in [0.2, 0.25) is 0 Å². The van der Waals surface area contributed by atoms with Crippen LogP contribution in [0.15, 0.2) is 157 Å². The third kappa shape index (κ3) is 10.2. The molecular formula is C56H48N4O6S. The van der Waals surface area contributed by atoms with E-state index in [4.69, 9.17) is 8.83 Å². The number of fused-ring (bicyclic) bond motifs is 2. The topological polar surface area (TPSA) is 131 Å². The smallest absolute Gasteiger partial charge is 0.346 e. The maximum atomic E-state index is 13.1. The molecule has 0 radical (unpaired) electrons. The summed E-state index contributed by atoms with van der Waals surface area (Å²) in [5.41, 5.74) is 8.30. The number of carbonyl (C=O) groups is 1. The molecule has 0 saturated carbocycles. The van der Waals surface area contributed by atoms with Crippen molar-refractivity contribution in [1.82, 2.24) is 0 Å². The van der Waals surface area contributed by atoms with Gasteiger partial charge in [-0.1, -0.05) is 48.6 Å². The molecule has 1 N–H and O–H groups in total. The third-order valence-corrected chi connectivity index (χ3v) is 12.7. The van der Waals surface area contributed by atoms with Crippen molar-refractivity contribution in [2.24, 2.45) is 0 Å². The van der Waals surface area contributed by atoms with E-state index in [0.29, 0.717) is 27.2 Å². The van der Waals surface area contributed by atoms with Gasteiger partial charge in [0.25, 0.3) is 0 Å².